The fourth-order valence-corrected chi connectivity index (χ4v) is 2.34. The highest BCUT2D eigenvalue weighted by atomic mass is 19.4. The molecule has 7 heteroatoms. The van der Waals surface area contributed by atoms with Crippen LogP contribution in [-0.2, 0) is 6.18 Å². The summed E-state index contributed by atoms with van der Waals surface area (Å²) in [7, 11) is 0. The van der Waals surface area contributed by atoms with Gasteiger partial charge in [0.05, 0.1) is 5.56 Å². The van der Waals surface area contributed by atoms with E-state index in [0.717, 1.165) is 25.0 Å². The second-order valence-electron chi connectivity index (χ2n) is 4.81. The molecule has 1 aromatic rings. The topological polar surface area (TPSA) is 60.2 Å². The number of nitriles is 1. The van der Waals surface area contributed by atoms with Crippen molar-refractivity contribution in [3.05, 3.63) is 23.4 Å². The number of aliphatic hydroxyl groups is 1. The second-order valence-corrected chi connectivity index (χ2v) is 4.81. The predicted molar refractivity (Wildman–Crippen MR) is 66.0 cm³/mol. The molecule has 2 heterocycles. The van der Waals surface area contributed by atoms with Gasteiger partial charge in [0.15, 0.2) is 0 Å². The summed E-state index contributed by atoms with van der Waals surface area (Å²) in [5, 5.41) is 18.2. The van der Waals surface area contributed by atoms with Crippen LogP contribution < -0.4 is 4.90 Å². The summed E-state index contributed by atoms with van der Waals surface area (Å²) in [6.07, 6.45) is -2.95. The standard InChI is InChI=1S/C13H14F3N3O/c14-13(15,16)11-4-3-10(6-17)12(18-11)19-5-1-2-9(7-19)8-20/h3-4,9,20H,1-2,5,7-8H2. The Hall–Kier alpha value is -1.81. The molecule has 0 amide bonds. The molecule has 1 atom stereocenters. The van der Waals surface area contributed by atoms with Crippen molar-refractivity contribution in [3.8, 4) is 6.07 Å². The first-order chi connectivity index (χ1) is 9.45. The van der Waals surface area contributed by atoms with Gasteiger partial charge in [0, 0.05) is 19.7 Å². The summed E-state index contributed by atoms with van der Waals surface area (Å²) >= 11 is 0. The van der Waals surface area contributed by atoms with Crippen LogP contribution in [0.25, 0.3) is 0 Å². The van der Waals surface area contributed by atoms with Gasteiger partial charge >= 0.3 is 6.18 Å². The first-order valence-electron chi connectivity index (χ1n) is 6.30. The van der Waals surface area contributed by atoms with Crippen molar-refractivity contribution >= 4 is 5.82 Å². The summed E-state index contributed by atoms with van der Waals surface area (Å²) in [6.45, 7) is 0.941. The molecule has 1 N–H and O–H groups in total. The molecule has 0 aromatic carbocycles. The summed E-state index contributed by atoms with van der Waals surface area (Å²) in [5.74, 6) is 0.0621. The van der Waals surface area contributed by atoms with Gasteiger partial charge in [-0.15, -0.1) is 0 Å². The number of aromatic nitrogens is 1. The lowest BCUT2D eigenvalue weighted by Crippen LogP contribution is -2.38. The molecule has 108 valence electrons. The van der Waals surface area contributed by atoms with Crippen molar-refractivity contribution in [2.24, 2.45) is 5.92 Å². The lowest BCUT2D eigenvalue weighted by Gasteiger charge is -2.33. The minimum absolute atomic E-state index is 0.00614. The lowest BCUT2D eigenvalue weighted by atomic mass is 9.98. The van der Waals surface area contributed by atoms with E-state index in [0.29, 0.717) is 13.1 Å². The fraction of sp³-hybridized carbons (Fsp3) is 0.538. The van der Waals surface area contributed by atoms with E-state index in [1.54, 1.807) is 4.90 Å². The maximum absolute atomic E-state index is 12.7. The molecule has 1 aliphatic rings. The van der Waals surface area contributed by atoms with Crippen LogP contribution in [0.4, 0.5) is 19.0 Å². The molecule has 1 unspecified atom stereocenters. The van der Waals surface area contributed by atoms with Gasteiger partial charge in [0.1, 0.15) is 17.6 Å². The Kier molecular flexibility index (Phi) is 4.14. The van der Waals surface area contributed by atoms with E-state index >= 15 is 0 Å². The zero-order valence-corrected chi connectivity index (χ0v) is 10.7. The SMILES string of the molecule is N#Cc1ccc(C(F)(F)F)nc1N1CCCC(CO)C1. The maximum atomic E-state index is 12.7. The molecule has 1 aliphatic heterocycles. The van der Waals surface area contributed by atoms with Crippen molar-refractivity contribution in [2.75, 3.05) is 24.6 Å². The van der Waals surface area contributed by atoms with Crippen LogP contribution in [0, 0.1) is 17.2 Å². The number of halogens is 3. The Morgan fingerprint density at radius 1 is 1.45 bits per heavy atom. The highest BCUT2D eigenvalue weighted by Crippen LogP contribution is 2.31. The van der Waals surface area contributed by atoms with Gasteiger partial charge in [-0.3, -0.25) is 0 Å². The number of piperidine rings is 1. The van der Waals surface area contributed by atoms with Crippen molar-refractivity contribution in [1.29, 1.82) is 5.26 Å². The summed E-state index contributed by atoms with van der Waals surface area (Å²) in [4.78, 5) is 5.25. The number of anilines is 1. The van der Waals surface area contributed by atoms with Gasteiger partial charge < -0.3 is 10.0 Å². The summed E-state index contributed by atoms with van der Waals surface area (Å²) in [6, 6.07) is 3.83. The molecule has 20 heavy (non-hydrogen) atoms. The number of pyridine rings is 1. The molecular weight excluding hydrogens is 271 g/mol. The van der Waals surface area contributed by atoms with E-state index in [1.807, 2.05) is 6.07 Å². The maximum Gasteiger partial charge on any atom is 0.433 e. The largest absolute Gasteiger partial charge is 0.433 e. The second kappa shape index (κ2) is 5.67. The number of rotatable bonds is 2. The Morgan fingerprint density at radius 3 is 2.80 bits per heavy atom. The van der Waals surface area contributed by atoms with Crippen LogP contribution in [-0.4, -0.2) is 29.8 Å². The number of hydrogen-bond acceptors (Lipinski definition) is 4. The van der Waals surface area contributed by atoms with E-state index in [-0.39, 0.29) is 23.9 Å². The highest BCUT2D eigenvalue weighted by Gasteiger charge is 2.34. The normalized spacial score (nSPS) is 19.8. The quantitative estimate of drug-likeness (QED) is 0.904. The summed E-state index contributed by atoms with van der Waals surface area (Å²) in [5.41, 5.74) is -0.880. The average Bonchev–Trinajstić information content (AvgIpc) is 2.45. The number of nitrogens with zero attached hydrogens (tertiary/aromatic N) is 3. The highest BCUT2D eigenvalue weighted by molar-refractivity contribution is 5.54. The molecular formula is C13H14F3N3O. The monoisotopic (exact) mass is 285 g/mol. The first kappa shape index (κ1) is 14.6. The Labute approximate surface area is 114 Å². The van der Waals surface area contributed by atoms with Crippen molar-refractivity contribution in [1.82, 2.24) is 4.98 Å². The van der Waals surface area contributed by atoms with Gasteiger partial charge in [-0.25, -0.2) is 4.98 Å². The molecule has 1 saturated heterocycles. The molecule has 0 spiro atoms. The van der Waals surface area contributed by atoms with E-state index in [2.05, 4.69) is 4.98 Å². The first-order valence-corrected chi connectivity index (χ1v) is 6.30. The molecule has 0 aliphatic carbocycles. The molecule has 0 radical (unpaired) electrons. The lowest BCUT2D eigenvalue weighted by molar-refractivity contribution is -0.141. The smallest absolute Gasteiger partial charge is 0.396 e. The molecule has 0 saturated carbocycles. The van der Waals surface area contributed by atoms with Crippen LogP contribution in [0.15, 0.2) is 12.1 Å². The third-order valence-electron chi connectivity index (χ3n) is 3.36. The zero-order valence-electron chi connectivity index (χ0n) is 10.7. The third-order valence-corrected chi connectivity index (χ3v) is 3.36. The number of alkyl halides is 3. The van der Waals surface area contributed by atoms with Gasteiger partial charge in [0.25, 0.3) is 0 Å². The fourth-order valence-electron chi connectivity index (χ4n) is 2.34. The van der Waals surface area contributed by atoms with Crippen molar-refractivity contribution < 1.29 is 18.3 Å². The van der Waals surface area contributed by atoms with Crippen molar-refractivity contribution in [2.45, 2.75) is 19.0 Å². The van der Waals surface area contributed by atoms with Crippen LogP contribution in [0.1, 0.15) is 24.1 Å². The van der Waals surface area contributed by atoms with Crippen LogP contribution >= 0.6 is 0 Å². The summed E-state index contributed by atoms with van der Waals surface area (Å²) < 4.78 is 38.1. The van der Waals surface area contributed by atoms with Gasteiger partial charge in [-0.05, 0) is 30.9 Å². The minimum atomic E-state index is -4.53. The van der Waals surface area contributed by atoms with Crippen LogP contribution in [0.5, 0.6) is 0 Å². The van der Waals surface area contributed by atoms with Crippen LogP contribution in [0.2, 0.25) is 0 Å². The van der Waals surface area contributed by atoms with Gasteiger partial charge in [-0.2, -0.15) is 18.4 Å². The Bertz CT molecular complexity index is 525. The van der Waals surface area contributed by atoms with Gasteiger partial charge in [-0.1, -0.05) is 0 Å². The minimum Gasteiger partial charge on any atom is -0.396 e. The third kappa shape index (κ3) is 3.02. The Morgan fingerprint density at radius 2 is 2.20 bits per heavy atom. The van der Waals surface area contributed by atoms with E-state index in [4.69, 9.17) is 5.26 Å². The predicted octanol–water partition coefficient (Wildman–Crippen LogP) is 2.18. The van der Waals surface area contributed by atoms with E-state index < -0.39 is 11.9 Å². The van der Waals surface area contributed by atoms with E-state index in [9.17, 15) is 18.3 Å². The van der Waals surface area contributed by atoms with Crippen molar-refractivity contribution in [3.63, 3.8) is 0 Å². The van der Waals surface area contributed by atoms with E-state index in [1.165, 1.54) is 0 Å². The van der Waals surface area contributed by atoms with Gasteiger partial charge in [0.2, 0.25) is 0 Å². The molecule has 1 aromatic heterocycles. The number of hydrogen-bond donors (Lipinski definition) is 1. The molecule has 0 bridgehead atoms. The zero-order chi connectivity index (χ0) is 14.8. The van der Waals surface area contributed by atoms with Crippen LogP contribution in [0.3, 0.4) is 0 Å². The molecule has 1 fully saturated rings. The average molecular weight is 285 g/mol. The number of aliphatic hydroxyl groups excluding tert-OH is 1. The Balaban J connectivity index is 2.36. The molecule has 2 rings (SSSR count). The molecule has 4 nitrogen and oxygen atoms in total.